The van der Waals surface area contributed by atoms with E-state index >= 15 is 0 Å². The Morgan fingerprint density at radius 1 is 1.52 bits per heavy atom. The lowest BCUT2D eigenvalue weighted by Gasteiger charge is -2.37. The average Bonchev–Trinajstić information content (AvgIpc) is 3.23. The number of carbonyl (C=O) groups excluding carboxylic acids is 1. The number of aryl methyl sites for hydroxylation is 1. The van der Waals surface area contributed by atoms with Gasteiger partial charge in [0.2, 0.25) is 11.1 Å². The molecule has 2 atom stereocenters. The van der Waals surface area contributed by atoms with Gasteiger partial charge in [-0.3, -0.25) is 9.89 Å². The summed E-state index contributed by atoms with van der Waals surface area (Å²) in [5, 5.41) is 17.4. The van der Waals surface area contributed by atoms with Crippen molar-refractivity contribution in [3.05, 3.63) is 35.7 Å². The molecule has 0 unspecified atom stereocenters. The van der Waals surface area contributed by atoms with Gasteiger partial charge in [-0.1, -0.05) is 30.0 Å². The van der Waals surface area contributed by atoms with Crippen LogP contribution in [0.25, 0.3) is 0 Å². The number of para-hydroxylation sites is 1. The number of nitrogens with zero attached hydrogens (tertiary/aromatic N) is 3. The lowest BCUT2D eigenvalue weighted by molar-refractivity contribution is -0.127. The molecule has 0 radical (unpaired) electrons. The molecule has 4 rings (SSSR count). The number of ether oxygens (including phenoxy) is 1. The normalized spacial score (nSPS) is 24.6. The zero-order valence-electron chi connectivity index (χ0n) is 13.9. The van der Waals surface area contributed by atoms with Gasteiger partial charge in [0.15, 0.2) is 0 Å². The zero-order chi connectivity index (χ0) is 17.4. The van der Waals surface area contributed by atoms with Crippen LogP contribution in [-0.4, -0.2) is 63.2 Å². The molecule has 1 aromatic carbocycles. The number of nitrogens with one attached hydrogen (secondary N) is 1. The van der Waals surface area contributed by atoms with Gasteiger partial charge < -0.3 is 14.7 Å². The largest absolute Gasteiger partial charge is 0.493 e. The SMILES string of the molecule is Cc1nc(SCC(=O)N2C[C@@H]3c4ccccc4OC[C@]3(CO)C2)n[nH]1. The summed E-state index contributed by atoms with van der Waals surface area (Å²) in [5.74, 6) is 2.01. The number of thioether (sulfide) groups is 1. The molecule has 1 fully saturated rings. The van der Waals surface area contributed by atoms with E-state index in [9.17, 15) is 9.90 Å². The van der Waals surface area contributed by atoms with E-state index < -0.39 is 5.41 Å². The molecule has 7 nitrogen and oxygen atoms in total. The van der Waals surface area contributed by atoms with Crippen LogP contribution < -0.4 is 4.74 Å². The standard InChI is InChI=1S/C17H20N4O3S/c1-11-18-16(20-19-11)25-7-15(23)21-6-13-12-4-2-3-5-14(12)24-10-17(13,8-21)9-22/h2-5,13,22H,6-10H2,1H3,(H,18,19,20)/t13-,17-/m1/s1. The first-order chi connectivity index (χ1) is 12.1. The summed E-state index contributed by atoms with van der Waals surface area (Å²) < 4.78 is 5.86. The van der Waals surface area contributed by atoms with E-state index in [1.165, 1.54) is 11.8 Å². The number of H-pyrrole nitrogens is 1. The number of aliphatic hydroxyl groups is 1. The van der Waals surface area contributed by atoms with Gasteiger partial charge in [-0.2, -0.15) is 0 Å². The van der Waals surface area contributed by atoms with E-state index in [0.29, 0.717) is 24.9 Å². The zero-order valence-corrected chi connectivity index (χ0v) is 14.8. The van der Waals surface area contributed by atoms with E-state index in [0.717, 1.165) is 17.1 Å². The van der Waals surface area contributed by atoms with Crippen LogP contribution in [0.5, 0.6) is 5.75 Å². The molecule has 1 aromatic heterocycles. The Balaban J connectivity index is 1.49. The van der Waals surface area contributed by atoms with Gasteiger partial charge in [0.25, 0.3) is 0 Å². The van der Waals surface area contributed by atoms with Gasteiger partial charge in [-0.15, -0.1) is 5.10 Å². The van der Waals surface area contributed by atoms with Crippen molar-refractivity contribution in [3.63, 3.8) is 0 Å². The Hall–Kier alpha value is -2.06. The summed E-state index contributed by atoms with van der Waals surface area (Å²) in [6.45, 7) is 3.38. The highest BCUT2D eigenvalue weighted by atomic mass is 32.2. The Morgan fingerprint density at radius 2 is 2.36 bits per heavy atom. The highest BCUT2D eigenvalue weighted by molar-refractivity contribution is 7.99. The first kappa shape index (κ1) is 16.4. The van der Waals surface area contributed by atoms with Crippen LogP contribution in [0.1, 0.15) is 17.3 Å². The molecule has 1 saturated heterocycles. The Kier molecular flexibility index (Phi) is 4.16. The highest BCUT2D eigenvalue weighted by Crippen LogP contribution is 2.49. The van der Waals surface area contributed by atoms with Gasteiger partial charge in [0, 0.05) is 19.0 Å². The lowest BCUT2D eigenvalue weighted by atomic mass is 9.74. The summed E-state index contributed by atoms with van der Waals surface area (Å²) in [4.78, 5) is 18.7. The number of amides is 1. The molecule has 132 valence electrons. The third-order valence-corrected chi connectivity index (χ3v) is 5.86. The van der Waals surface area contributed by atoms with Crippen LogP contribution in [0.3, 0.4) is 0 Å². The Labute approximate surface area is 149 Å². The maximum atomic E-state index is 12.7. The number of aromatic nitrogens is 3. The fourth-order valence-corrected chi connectivity index (χ4v) is 4.41. The van der Waals surface area contributed by atoms with Gasteiger partial charge >= 0.3 is 0 Å². The summed E-state index contributed by atoms with van der Waals surface area (Å²) in [5.41, 5.74) is 0.658. The molecule has 0 spiro atoms. The van der Waals surface area contributed by atoms with Crippen molar-refractivity contribution in [2.45, 2.75) is 18.0 Å². The summed E-state index contributed by atoms with van der Waals surface area (Å²) in [6.07, 6.45) is 0. The van der Waals surface area contributed by atoms with E-state index in [4.69, 9.17) is 4.74 Å². The van der Waals surface area contributed by atoms with Gasteiger partial charge in [-0.25, -0.2) is 4.98 Å². The highest BCUT2D eigenvalue weighted by Gasteiger charge is 2.51. The fraction of sp³-hybridized carbons (Fsp3) is 0.471. The summed E-state index contributed by atoms with van der Waals surface area (Å²) in [6, 6.07) is 7.89. The molecule has 2 aromatic rings. The molecule has 1 amide bonds. The minimum absolute atomic E-state index is 0.00302. The lowest BCUT2D eigenvalue weighted by Crippen LogP contribution is -2.42. The first-order valence-electron chi connectivity index (χ1n) is 8.23. The van der Waals surface area contributed by atoms with Crippen LogP contribution in [0.2, 0.25) is 0 Å². The van der Waals surface area contributed by atoms with Crippen molar-refractivity contribution in [1.82, 2.24) is 20.1 Å². The molecule has 0 aliphatic carbocycles. The quantitative estimate of drug-likeness (QED) is 0.796. The van der Waals surface area contributed by atoms with Crippen molar-refractivity contribution in [1.29, 1.82) is 0 Å². The van der Waals surface area contributed by atoms with Crippen molar-refractivity contribution in [2.75, 3.05) is 32.1 Å². The average molecular weight is 360 g/mol. The topological polar surface area (TPSA) is 91.3 Å². The fourth-order valence-electron chi connectivity index (χ4n) is 3.66. The third kappa shape index (κ3) is 2.89. The number of benzene rings is 1. The number of aromatic amines is 1. The van der Waals surface area contributed by atoms with E-state index in [1.54, 1.807) is 0 Å². The maximum Gasteiger partial charge on any atom is 0.233 e. The molecular weight excluding hydrogens is 340 g/mol. The Bertz CT molecular complexity index is 796. The van der Waals surface area contributed by atoms with E-state index in [1.807, 2.05) is 36.1 Å². The summed E-state index contributed by atoms with van der Waals surface area (Å²) >= 11 is 1.32. The minimum Gasteiger partial charge on any atom is -0.493 e. The van der Waals surface area contributed by atoms with Crippen molar-refractivity contribution >= 4 is 17.7 Å². The predicted octanol–water partition coefficient (Wildman–Crippen LogP) is 1.20. The van der Waals surface area contributed by atoms with Crippen molar-refractivity contribution in [3.8, 4) is 5.75 Å². The first-order valence-corrected chi connectivity index (χ1v) is 9.22. The molecule has 0 bridgehead atoms. The van der Waals surface area contributed by atoms with E-state index in [2.05, 4.69) is 15.2 Å². The van der Waals surface area contributed by atoms with Gasteiger partial charge in [0.1, 0.15) is 11.6 Å². The van der Waals surface area contributed by atoms with Crippen LogP contribution in [0.4, 0.5) is 0 Å². The van der Waals surface area contributed by atoms with Crippen LogP contribution >= 0.6 is 11.8 Å². The molecule has 2 N–H and O–H groups in total. The summed E-state index contributed by atoms with van der Waals surface area (Å²) in [7, 11) is 0. The molecular formula is C17H20N4O3S. The molecule has 2 aliphatic rings. The Morgan fingerprint density at radius 3 is 3.12 bits per heavy atom. The van der Waals surface area contributed by atoms with Crippen LogP contribution in [0, 0.1) is 12.3 Å². The maximum absolute atomic E-state index is 12.7. The number of rotatable bonds is 4. The smallest absolute Gasteiger partial charge is 0.233 e. The van der Waals surface area contributed by atoms with Crippen molar-refractivity contribution in [2.24, 2.45) is 5.41 Å². The second-order valence-electron chi connectivity index (χ2n) is 6.67. The number of hydrogen-bond acceptors (Lipinski definition) is 6. The van der Waals surface area contributed by atoms with Crippen LogP contribution in [0.15, 0.2) is 29.4 Å². The van der Waals surface area contributed by atoms with E-state index in [-0.39, 0.29) is 24.2 Å². The number of aliphatic hydroxyl groups excluding tert-OH is 1. The molecule has 8 heteroatoms. The third-order valence-electron chi connectivity index (χ3n) is 5.03. The van der Waals surface area contributed by atoms with Gasteiger partial charge in [0.05, 0.1) is 24.4 Å². The molecule has 0 saturated carbocycles. The number of fused-ring (bicyclic) bond motifs is 3. The molecule has 25 heavy (non-hydrogen) atoms. The van der Waals surface area contributed by atoms with Crippen LogP contribution in [-0.2, 0) is 4.79 Å². The number of likely N-dealkylation sites (tertiary alicyclic amines) is 1. The number of carbonyl (C=O) groups is 1. The molecule has 2 aliphatic heterocycles. The number of hydrogen-bond donors (Lipinski definition) is 2. The second kappa shape index (κ2) is 6.34. The minimum atomic E-state index is -0.421. The monoisotopic (exact) mass is 360 g/mol. The second-order valence-corrected chi connectivity index (χ2v) is 7.61. The van der Waals surface area contributed by atoms with Crippen molar-refractivity contribution < 1.29 is 14.6 Å². The predicted molar refractivity (Wildman–Crippen MR) is 92.6 cm³/mol. The van der Waals surface area contributed by atoms with Gasteiger partial charge in [-0.05, 0) is 18.6 Å². The molecule has 3 heterocycles.